The van der Waals surface area contributed by atoms with Crippen LogP contribution in [0.1, 0.15) is 26.3 Å². The molecule has 0 atom stereocenters. The van der Waals surface area contributed by atoms with E-state index in [-0.39, 0.29) is 17.2 Å². The zero-order chi connectivity index (χ0) is 20.1. The zero-order valence-corrected chi connectivity index (χ0v) is 15.0. The van der Waals surface area contributed by atoms with E-state index in [0.717, 1.165) is 5.56 Å². The van der Waals surface area contributed by atoms with Crippen LogP contribution < -0.4 is 10.6 Å². The summed E-state index contributed by atoms with van der Waals surface area (Å²) in [5.41, 5.74) is 2.40. The SMILES string of the molecule is Cc1ccccc1NC(=O)c1ccccc1NC(=O)c1ccc([N+](=O)[O-])cc1. The number of para-hydroxylation sites is 2. The number of nitro groups is 1. The molecule has 0 bridgehead atoms. The zero-order valence-electron chi connectivity index (χ0n) is 15.0. The number of hydrogen-bond donors (Lipinski definition) is 2. The molecule has 3 rings (SSSR count). The number of amides is 2. The second-order valence-electron chi connectivity index (χ2n) is 6.07. The molecule has 0 radical (unpaired) electrons. The molecule has 0 fully saturated rings. The first-order chi connectivity index (χ1) is 13.5. The summed E-state index contributed by atoms with van der Waals surface area (Å²) in [7, 11) is 0. The van der Waals surface area contributed by atoms with Crippen LogP contribution in [0.25, 0.3) is 0 Å². The lowest BCUT2D eigenvalue weighted by atomic mass is 10.1. The Bertz CT molecular complexity index is 1050. The average Bonchev–Trinajstić information content (AvgIpc) is 2.70. The smallest absolute Gasteiger partial charge is 0.269 e. The number of nitrogens with zero attached hydrogens (tertiary/aromatic N) is 1. The third kappa shape index (κ3) is 4.21. The van der Waals surface area contributed by atoms with E-state index in [0.29, 0.717) is 16.9 Å². The Balaban J connectivity index is 1.80. The van der Waals surface area contributed by atoms with Crippen molar-refractivity contribution < 1.29 is 14.5 Å². The van der Waals surface area contributed by atoms with Gasteiger partial charge in [0.15, 0.2) is 0 Å². The Kier molecular flexibility index (Phi) is 5.45. The summed E-state index contributed by atoms with van der Waals surface area (Å²) in [4.78, 5) is 35.3. The van der Waals surface area contributed by atoms with Gasteiger partial charge in [0.25, 0.3) is 17.5 Å². The van der Waals surface area contributed by atoms with Crippen LogP contribution in [0.5, 0.6) is 0 Å². The molecule has 28 heavy (non-hydrogen) atoms. The van der Waals surface area contributed by atoms with Gasteiger partial charge in [-0.2, -0.15) is 0 Å². The summed E-state index contributed by atoms with van der Waals surface area (Å²) >= 11 is 0. The summed E-state index contributed by atoms with van der Waals surface area (Å²) in [6, 6.07) is 19.3. The molecule has 0 unspecified atom stereocenters. The number of benzene rings is 3. The molecule has 2 amide bonds. The third-order valence-electron chi connectivity index (χ3n) is 4.15. The van der Waals surface area contributed by atoms with Crippen LogP contribution in [0.3, 0.4) is 0 Å². The van der Waals surface area contributed by atoms with Crippen molar-refractivity contribution >= 4 is 28.9 Å². The second-order valence-corrected chi connectivity index (χ2v) is 6.07. The fourth-order valence-electron chi connectivity index (χ4n) is 2.62. The largest absolute Gasteiger partial charge is 0.322 e. The minimum atomic E-state index is -0.535. The van der Waals surface area contributed by atoms with E-state index in [1.807, 2.05) is 25.1 Å². The molecule has 0 aliphatic heterocycles. The Morgan fingerprint density at radius 2 is 1.36 bits per heavy atom. The lowest BCUT2D eigenvalue weighted by Crippen LogP contribution is -2.18. The van der Waals surface area contributed by atoms with E-state index in [9.17, 15) is 19.7 Å². The molecule has 0 aliphatic carbocycles. The van der Waals surface area contributed by atoms with Gasteiger partial charge < -0.3 is 10.6 Å². The van der Waals surface area contributed by atoms with Gasteiger partial charge in [-0.05, 0) is 42.8 Å². The van der Waals surface area contributed by atoms with E-state index in [2.05, 4.69) is 10.6 Å². The van der Waals surface area contributed by atoms with Crippen LogP contribution in [0.15, 0.2) is 72.8 Å². The van der Waals surface area contributed by atoms with Crippen molar-refractivity contribution in [3.63, 3.8) is 0 Å². The van der Waals surface area contributed by atoms with Gasteiger partial charge in [0.1, 0.15) is 0 Å². The summed E-state index contributed by atoms with van der Waals surface area (Å²) < 4.78 is 0. The highest BCUT2D eigenvalue weighted by Crippen LogP contribution is 2.20. The molecule has 0 saturated carbocycles. The average molecular weight is 375 g/mol. The van der Waals surface area contributed by atoms with Gasteiger partial charge in [0.2, 0.25) is 0 Å². The van der Waals surface area contributed by atoms with Crippen LogP contribution in [0.2, 0.25) is 0 Å². The van der Waals surface area contributed by atoms with Crippen LogP contribution in [-0.2, 0) is 0 Å². The number of aryl methyl sites for hydroxylation is 1. The number of nitrogens with one attached hydrogen (secondary N) is 2. The predicted molar refractivity (Wildman–Crippen MR) is 107 cm³/mol. The maximum absolute atomic E-state index is 12.7. The van der Waals surface area contributed by atoms with Crippen LogP contribution in [-0.4, -0.2) is 16.7 Å². The van der Waals surface area contributed by atoms with Gasteiger partial charge in [-0.15, -0.1) is 0 Å². The van der Waals surface area contributed by atoms with Crippen molar-refractivity contribution in [3.05, 3.63) is 99.6 Å². The fraction of sp³-hybridized carbons (Fsp3) is 0.0476. The highest BCUT2D eigenvalue weighted by atomic mass is 16.6. The molecule has 3 aromatic carbocycles. The summed E-state index contributed by atoms with van der Waals surface area (Å²) in [5.74, 6) is -0.820. The monoisotopic (exact) mass is 375 g/mol. The molecule has 2 N–H and O–H groups in total. The minimum absolute atomic E-state index is 0.102. The van der Waals surface area contributed by atoms with Crippen LogP contribution in [0, 0.1) is 17.0 Å². The standard InChI is InChI=1S/C21H17N3O4/c1-14-6-2-4-8-18(14)22-21(26)17-7-3-5-9-19(17)23-20(25)15-10-12-16(13-11-15)24(27)28/h2-13H,1H3,(H,22,26)(H,23,25). The van der Waals surface area contributed by atoms with E-state index in [1.54, 1.807) is 30.3 Å². The van der Waals surface area contributed by atoms with Crippen LogP contribution >= 0.6 is 0 Å². The van der Waals surface area contributed by atoms with Gasteiger partial charge in [-0.3, -0.25) is 19.7 Å². The molecule has 7 heteroatoms. The minimum Gasteiger partial charge on any atom is -0.322 e. The van der Waals surface area contributed by atoms with Crippen molar-refractivity contribution in [3.8, 4) is 0 Å². The van der Waals surface area contributed by atoms with Gasteiger partial charge in [-0.25, -0.2) is 0 Å². The number of anilines is 2. The molecule has 0 aliphatic rings. The van der Waals surface area contributed by atoms with E-state index in [1.165, 1.54) is 24.3 Å². The number of rotatable bonds is 5. The molecule has 7 nitrogen and oxygen atoms in total. The maximum Gasteiger partial charge on any atom is 0.269 e. The Hall–Kier alpha value is -4.00. The molecule has 0 aromatic heterocycles. The lowest BCUT2D eigenvalue weighted by Gasteiger charge is -2.12. The first-order valence-corrected chi connectivity index (χ1v) is 8.47. The molecule has 0 saturated heterocycles. The highest BCUT2D eigenvalue weighted by molar-refractivity contribution is 6.12. The maximum atomic E-state index is 12.7. The van der Waals surface area contributed by atoms with Gasteiger partial charge in [-0.1, -0.05) is 30.3 Å². The van der Waals surface area contributed by atoms with Crippen molar-refractivity contribution in [2.75, 3.05) is 10.6 Å². The fourth-order valence-corrected chi connectivity index (χ4v) is 2.62. The second kappa shape index (κ2) is 8.13. The van der Waals surface area contributed by atoms with Gasteiger partial charge >= 0.3 is 0 Å². The topological polar surface area (TPSA) is 101 Å². The first-order valence-electron chi connectivity index (χ1n) is 8.47. The predicted octanol–water partition coefficient (Wildman–Crippen LogP) is 4.41. The molecular weight excluding hydrogens is 358 g/mol. The van der Waals surface area contributed by atoms with Crippen molar-refractivity contribution in [2.45, 2.75) is 6.92 Å². The van der Waals surface area contributed by atoms with Crippen molar-refractivity contribution in [1.29, 1.82) is 0 Å². The number of carbonyl (C=O) groups excluding carboxylic acids is 2. The number of hydrogen-bond acceptors (Lipinski definition) is 4. The van der Waals surface area contributed by atoms with Crippen LogP contribution in [0.4, 0.5) is 17.1 Å². The normalized spacial score (nSPS) is 10.2. The molecule has 140 valence electrons. The highest BCUT2D eigenvalue weighted by Gasteiger charge is 2.15. The molecule has 0 spiro atoms. The molecular formula is C21H17N3O4. The third-order valence-corrected chi connectivity index (χ3v) is 4.15. The Morgan fingerprint density at radius 1 is 0.786 bits per heavy atom. The summed E-state index contributed by atoms with van der Waals surface area (Å²) in [5, 5.41) is 16.2. The number of carbonyl (C=O) groups is 2. The van der Waals surface area contributed by atoms with Crippen molar-refractivity contribution in [1.82, 2.24) is 0 Å². The Labute approximate surface area is 161 Å². The quantitative estimate of drug-likeness (QED) is 0.509. The number of non-ortho nitro benzene ring substituents is 1. The Morgan fingerprint density at radius 3 is 2.00 bits per heavy atom. The van der Waals surface area contributed by atoms with Gasteiger partial charge in [0.05, 0.1) is 16.2 Å². The summed E-state index contributed by atoms with van der Waals surface area (Å²) in [6.45, 7) is 1.89. The lowest BCUT2D eigenvalue weighted by molar-refractivity contribution is -0.384. The molecule has 0 heterocycles. The van der Waals surface area contributed by atoms with E-state index < -0.39 is 10.8 Å². The molecule has 3 aromatic rings. The first kappa shape index (κ1) is 18.8. The van der Waals surface area contributed by atoms with E-state index >= 15 is 0 Å². The number of nitro benzene ring substituents is 1. The van der Waals surface area contributed by atoms with E-state index in [4.69, 9.17) is 0 Å². The van der Waals surface area contributed by atoms with Crippen molar-refractivity contribution in [2.24, 2.45) is 0 Å². The van der Waals surface area contributed by atoms with Gasteiger partial charge in [0, 0.05) is 23.4 Å². The summed E-state index contributed by atoms with van der Waals surface area (Å²) in [6.07, 6.45) is 0.